The molecule has 1 aliphatic carbocycles. The fourth-order valence-electron chi connectivity index (χ4n) is 4.31. The number of hydrogen-bond donors (Lipinski definition) is 3. The fraction of sp³-hybridized carbons (Fsp3) is 0.793. The van der Waals surface area contributed by atoms with E-state index >= 15 is 0 Å². The third-order valence-corrected chi connectivity index (χ3v) is 6.55. The molecule has 7 heteroatoms. The molecular formula is C29H52F2N2O3. The number of nitrogens with two attached hydrogens (primary N) is 1. The predicted molar refractivity (Wildman–Crippen MR) is 145 cm³/mol. The zero-order valence-corrected chi connectivity index (χ0v) is 22.8. The van der Waals surface area contributed by atoms with Gasteiger partial charge in [-0.05, 0) is 69.4 Å². The van der Waals surface area contributed by atoms with Gasteiger partial charge in [-0.2, -0.15) is 0 Å². The van der Waals surface area contributed by atoms with Crippen LogP contribution >= 0.6 is 0 Å². The van der Waals surface area contributed by atoms with Crippen LogP contribution in [0, 0.1) is 5.92 Å². The number of primary amides is 1. The molecule has 1 rings (SSSR count). The number of rotatable bonds is 19. The van der Waals surface area contributed by atoms with Crippen molar-refractivity contribution in [2.45, 2.75) is 135 Å². The SMILES string of the molecule is CCCCCCCCC/C=C(\F)C(=O)N[C@@H]1CC[C@H](C)C1.NC(=O)/C(F)=C/CCCCCCCCO. The van der Waals surface area contributed by atoms with Crippen LogP contribution in [-0.2, 0) is 9.59 Å². The van der Waals surface area contributed by atoms with Crippen LogP contribution in [-0.4, -0.2) is 29.6 Å². The number of allylic oxidation sites excluding steroid dienone is 2. The van der Waals surface area contributed by atoms with Crippen molar-refractivity contribution >= 4 is 11.8 Å². The number of aliphatic hydroxyl groups excluding tert-OH is 1. The lowest BCUT2D eigenvalue weighted by molar-refractivity contribution is -0.119. The molecule has 0 aliphatic heterocycles. The minimum Gasteiger partial charge on any atom is -0.396 e. The summed E-state index contributed by atoms with van der Waals surface area (Å²) in [6, 6.07) is 0.171. The number of amides is 2. The third kappa shape index (κ3) is 20.4. The van der Waals surface area contributed by atoms with E-state index in [0.717, 1.165) is 70.6 Å². The summed E-state index contributed by atoms with van der Waals surface area (Å²) in [5.41, 5.74) is 4.73. The molecule has 210 valence electrons. The lowest BCUT2D eigenvalue weighted by Gasteiger charge is -2.11. The third-order valence-electron chi connectivity index (χ3n) is 6.55. The van der Waals surface area contributed by atoms with Gasteiger partial charge in [-0.25, -0.2) is 8.78 Å². The second-order valence-electron chi connectivity index (χ2n) is 10.1. The van der Waals surface area contributed by atoms with Gasteiger partial charge in [0.2, 0.25) is 0 Å². The van der Waals surface area contributed by atoms with E-state index < -0.39 is 23.5 Å². The highest BCUT2D eigenvalue weighted by Gasteiger charge is 2.23. The number of aliphatic hydroxyl groups is 1. The Bertz CT molecular complexity index is 638. The van der Waals surface area contributed by atoms with Crippen molar-refractivity contribution in [3.05, 3.63) is 23.8 Å². The summed E-state index contributed by atoms with van der Waals surface area (Å²) >= 11 is 0. The molecule has 1 aliphatic rings. The van der Waals surface area contributed by atoms with Gasteiger partial charge < -0.3 is 16.2 Å². The first-order chi connectivity index (χ1) is 17.3. The second kappa shape index (κ2) is 23.6. The van der Waals surface area contributed by atoms with Crippen molar-refractivity contribution < 1.29 is 23.5 Å². The van der Waals surface area contributed by atoms with Gasteiger partial charge in [0.1, 0.15) is 0 Å². The van der Waals surface area contributed by atoms with Crippen molar-refractivity contribution in [2.75, 3.05) is 6.61 Å². The van der Waals surface area contributed by atoms with Gasteiger partial charge in [0.15, 0.2) is 11.7 Å². The minimum atomic E-state index is -0.988. The number of carbonyl (C=O) groups excluding carboxylic acids is 2. The Morgan fingerprint density at radius 2 is 1.33 bits per heavy atom. The van der Waals surface area contributed by atoms with Gasteiger partial charge in [0.25, 0.3) is 11.8 Å². The van der Waals surface area contributed by atoms with Crippen molar-refractivity contribution in [1.82, 2.24) is 5.32 Å². The van der Waals surface area contributed by atoms with Crippen LogP contribution in [0.25, 0.3) is 0 Å². The van der Waals surface area contributed by atoms with Crippen LogP contribution in [0.1, 0.15) is 129 Å². The van der Waals surface area contributed by atoms with Crippen molar-refractivity contribution in [3.8, 4) is 0 Å². The van der Waals surface area contributed by atoms with Gasteiger partial charge in [-0.15, -0.1) is 0 Å². The second-order valence-corrected chi connectivity index (χ2v) is 10.1. The molecule has 4 N–H and O–H groups in total. The molecule has 0 spiro atoms. The average molecular weight is 515 g/mol. The molecule has 2 atom stereocenters. The minimum absolute atomic E-state index is 0.171. The quantitative estimate of drug-likeness (QED) is 0.124. The van der Waals surface area contributed by atoms with Crippen molar-refractivity contribution in [3.63, 3.8) is 0 Å². The summed E-state index contributed by atoms with van der Waals surface area (Å²) in [6.45, 7) is 4.65. The maximum absolute atomic E-state index is 13.7. The summed E-state index contributed by atoms with van der Waals surface area (Å²) < 4.78 is 26.2. The highest BCUT2D eigenvalue weighted by Crippen LogP contribution is 2.24. The number of hydrogen-bond acceptors (Lipinski definition) is 3. The Hall–Kier alpha value is -1.76. The molecule has 0 aromatic heterocycles. The Morgan fingerprint density at radius 3 is 1.81 bits per heavy atom. The normalized spacial score (nSPS) is 18.0. The molecule has 0 aromatic carbocycles. The van der Waals surface area contributed by atoms with E-state index in [9.17, 15) is 18.4 Å². The highest BCUT2D eigenvalue weighted by molar-refractivity contribution is 5.91. The summed E-state index contributed by atoms with van der Waals surface area (Å²) in [5.74, 6) is -2.29. The first kappa shape index (κ1) is 34.2. The number of nitrogens with one attached hydrogen (secondary N) is 1. The summed E-state index contributed by atoms with van der Waals surface area (Å²) in [4.78, 5) is 22.0. The lowest BCUT2D eigenvalue weighted by Crippen LogP contribution is -2.33. The topological polar surface area (TPSA) is 92.4 Å². The maximum atomic E-state index is 13.7. The number of carbonyl (C=O) groups is 2. The molecule has 36 heavy (non-hydrogen) atoms. The molecule has 0 heterocycles. The van der Waals surface area contributed by atoms with Gasteiger partial charge in [-0.1, -0.05) is 78.1 Å². The van der Waals surface area contributed by atoms with Gasteiger partial charge >= 0.3 is 0 Å². The van der Waals surface area contributed by atoms with E-state index in [1.165, 1.54) is 44.3 Å². The van der Waals surface area contributed by atoms with E-state index in [2.05, 4.69) is 19.2 Å². The standard InChI is InChI=1S/C18H32FNO.C11H20FNO2/c1-3-4-5-6-7-8-9-10-11-17(19)18(21)20-16-13-12-15(2)14-16;12-10(11(13)15)8-6-4-2-1-3-5-7-9-14/h11,15-16H,3-10,12-14H2,1-2H3,(H,20,21);8,14H,1-7,9H2,(H2,13,15)/b17-11-;10-8-/t15-,16+;/m0./s1. The largest absolute Gasteiger partial charge is 0.396 e. The smallest absolute Gasteiger partial charge is 0.279 e. The predicted octanol–water partition coefficient (Wildman–Crippen LogP) is 7.33. The molecule has 1 saturated carbocycles. The van der Waals surface area contributed by atoms with Gasteiger partial charge in [-0.3, -0.25) is 9.59 Å². The average Bonchev–Trinajstić information content (AvgIpc) is 3.26. The molecule has 1 fully saturated rings. The Kier molecular flexibility index (Phi) is 22.5. The molecule has 0 aromatic rings. The van der Waals surface area contributed by atoms with Crippen LogP contribution < -0.4 is 11.1 Å². The van der Waals surface area contributed by atoms with E-state index in [4.69, 9.17) is 10.8 Å². The lowest BCUT2D eigenvalue weighted by atomic mass is 10.1. The number of halogens is 2. The summed E-state index contributed by atoms with van der Waals surface area (Å²) in [7, 11) is 0. The Balaban J connectivity index is 0.000000723. The highest BCUT2D eigenvalue weighted by atomic mass is 19.1. The molecule has 0 saturated heterocycles. The van der Waals surface area contributed by atoms with E-state index in [1.807, 2.05) is 0 Å². The Morgan fingerprint density at radius 1 is 0.833 bits per heavy atom. The maximum Gasteiger partial charge on any atom is 0.279 e. The van der Waals surface area contributed by atoms with E-state index in [1.54, 1.807) is 0 Å². The monoisotopic (exact) mass is 514 g/mol. The van der Waals surface area contributed by atoms with Crippen LogP contribution in [0.15, 0.2) is 23.8 Å². The van der Waals surface area contributed by atoms with Crippen LogP contribution in [0.3, 0.4) is 0 Å². The molecule has 2 amide bonds. The van der Waals surface area contributed by atoms with Gasteiger partial charge in [0.05, 0.1) is 0 Å². The van der Waals surface area contributed by atoms with Crippen LogP contribution in [0.4, 0.5) is 8.78 Å². The van der Waals surface area contributed by atoms with E-state index in [0.29, 0.717) is 18.8 Å². The molecule has 0 bridgehead atoms. The fourth-order valence-corrected chi connectivity index (χ4v) is 4.31. The van der Waals surface area contributed by atoms with Crippen LogP contribution in [0.5, 0.6) is 0 Å². The van der Waals surface area contributed by atoms with Gasteiger partial charge in [0, 0.05) is 12.6 Å². The first-order valence-electron chi connectivity index (χ1n) is 14.2. The molecule has 0 unspecified atom stereocenters. The molecule has 5 nitrogen and oxygen atoms in total. The zero-order chi connectivity index (χ0) is 27.0. The van der Waals surface area contributed by atoms with Crippen molar-refractivity contribution in [1.29, 1.82) is 0 Å². The molecule has 0 radical (unpaired) electrons. The first-order valence-corrected chi connectivity index (χ1v) is 14.2. The summed E-state index contributed by atoms with van der Waals surface area (Å²) in [5, 5.41) is 11.3. The van der Waals surface area contributed by atoms with Crippen LogP contribution in [0.2, 0.25) is 0 Å². The zero-order valence-electron chi connectivity index (χ0n) is 22.8. The van der Waals surface area contributed by atoms with Crippen molar-refractivity contribution in [2.24, 2.45) is 11.7 Å². The molecular weight excluding hydrogens is 462 g/mol. The summed E-state index contributed by atoms with van der Waals surface area (Å²) in [6.07, 6.45) is 21.5. The Labute approximate surface area is 218 Å². The number of unbranched alkanes of at least 4 members (excludes halogenated alkanes) is 13. The van der Waals surface area contributed by atoms with E-state index in [-0.39, 0.29) is 12.6 Å².